The van der Waals surface area contributed by atoms with E-state index < -0.39 is 28.4 Å². The molecule has 1 aliphatic rings. The Kier molecular flexibility index (Phi) is 5.06. The van der Waals surface area contributed by atoms with E-state index in [9.17, 15) is 24.8 Å². The second kappa shape index (κ2) is 7.69. The van der Waals surface area contributed by atoms with E-state index in [1.165, 1.54) is 46.7 Å². The molecule has 10 heteroatoms. The van der Waals surface area contributed by atoms with Crippen LogP contribution in [-0.4, -0.2) is 26.7 Å². The van der Waals surface area contributed by atoms with Crippen LogP contribution in [0.5, 0.6) is 0 Å². The van der Waals surface area contributed by atoms with Crippen LogP contribution in [0.3, 0.4) is 0 Å². The number of thiazole rings is 1. The molecule has 0 spiro atoms. The third-order valence-electron chi connectivity index (χ3n) is 4.61. The number of aliphatic hydroxyl groups is 1. The van der Waals surface area contributed by atoms with E-state index in [1.807, 2.05) is 0 Å². The monoisotopic (exact) mass is 441 g/mol. The van der Waals surface area contributed by atoms with Gasteiger partial charge in [0.05, 0.1) is 16.5 Å². The van der Waals surface area contributed by atoms with Gasteiger partial charge >= 0.3 is 5.91 Å². The summed E-state index contributed by atoms with van der Waals surface area (Å²) >= 11 is 7.15. The lowest BCUT2D eigenvalue weighted by Crippen LogP contribution is -2.29. The number of hydrogen-bond donors (Lipinski definition) is 1. The van der Waals surface area contributed by atoms with Crippen molar-refractivity contribution in [2.45, 2.75) is 6.04 Å². The van der Waals surface area contributed by atoms with E-state index in [-0.39, 0.29) is 16.8 Å². The number of non-ortho nitro benzene ring substituents is 1. The Bertz CT molecular complexity index is 1170. The van der Waals surface area contributed by atoms with Gasteiger partial charge in [-0.15, -0.1) is 11.3 Å². The molecule has 1 N–H and O–H groups in total. The molecule has 8 nitrogen and oxygen atoms in total. The highest BCUT2D eigenvalue weighted by Gasteiger charge is 2.47. The van der Waals surface area contributed by atoms with Crippen molar-refractivity contribution in [3.8, 4) is 0 Å². The molecule has 1 unspecified atom stereocenters. The van der Waals surface area contributed by atoms with Crippen molar-refractivity contribution in [2.24, 2.45) is 0 Å². The van der Waals surface area contributed by atoms with Gasteiger partial charge in [-0.3, -0.25) is 24.6 Å². The number of benzene rings is 2. The zero-order chi connectivity index (χ0) is 21.4. The predicted molar refractivity (Wildman–Crippen MR) is 111 cm³/mol. The van der Waals surface area contributed by atoms with Crippen LogP contribution in [0, 0.1) is 10.1 Å². The van der Waals surface area contributed by atoms with Crippen molar-refractivity contribution in [1.29, 1.82) is 0 Å². The first-order chi connectivity index (χ1) is 14.4. The third-order valence-corrected chi connectivity index (χ3v) is 5.63. The zero-order valence-corrected chi connectivity index (χ0v) is 16.6. The van der Waals surface area contributed by atoms with E-state index in [4.69, 9.17) is 11.6 Å². The van der Waals surface area contributed by atoms with Gasteiger partial charge in [0.25, 0.3) is 11.5 Å². The molecule has 1 atom stereocenters. The number of aliphatic hydroxyl groups excluding tert-OH is 1. The number of carbonyl (C=O) groups is 2. The van der Waals surface area contributed by atoms with Gasteiger partial charge in [0.2, 0.25) is 0 Å². The quantitative estimate of drug-likeness (QED) is 0.212. The highest BCUT2D eigenvalue weighted by Crippen LogP contribution is 2.42. The Balaban J connectivity index is 1.90. The van der Waals surface area contributed by atoms with Crippen LogP contribution in [0.2, 0.25) is 5.02 Å². The van der Waals surface area contributed by atoms with E-state index in [1.54, 1.807) is 29.6 Å². The van der Waals surface area contributed by atoms with Crippen LogP contribution in [-0.2, 0) is 9.59 Å². The molecule has 1 amide bonds. The minimum Gasteiger partial charge on any atom is -0.507 e. The van der Waals surface area contributed by atoms with Crippen molar-refractivity contribution in [3.63, 3.8) is 0 Å². The molecule has 2 heterocycles. The van der Waals surface area contributed by atoms with Gasteiger partial charge in [0.1, 0.15) is 5.76 Å². The largest absolute Gasteiger partial charge is 0.507 e. The van der Waals surface area contributed by atoms with Crippen molar-refractivity contribution >= 4 is 51.2 Å². The van der Waals surface area contributed by atoms with Crippen LogP contribution in [0.15, 0.2) is 65.7 Å². The number of ketones is 1. The Morgan fingerprint density at radius 2 is 1.80 bits per heavy atom. The maximum Gasteiger partial charge on any atom is 0.301 e. The fourth-order valence-electron chi connectivity index (χ4n) is 3.22. The van der Waals surface area contributed by atoms with Gasteiger partial charge in [0, 0.05) is 34.3 Å². The lowest BCUT2D eigenvalue weighted by Gasteiger charge is -2.23. The number of aromatic nitrogens is 1. The Hall–Kier alpha value is -3.56. The summed E-state index contributed by atoms with van der Waals surface area (Å²) in [5.41, 5.74) is 0.435. The number of rotatable bonds is 4. The first-order valence-corrected chi connectivity index (χ1v) is 9.85. The number of anilines is 1. The van der Waals surface area contributed by atoms with Gasteiger partial charge in [0.15, 0.2) is 5.13 Å². The molecule has 0 bridgehead atoms. The summed E-state index contributed by atoms with van der Waals surface area (Å²) < 4.78 is 0. The first kappa shape index (κ1) is 19.7. The second-order valence-electron chi connectivity index (χ2n) is 6.34. The normalized spacial score (nSPS) is 18.0. The summed E-state index contributed by atoms with van der Waals surface area (Å²) in [4.78, 5) is 41.4. The summed E-state index contributed by atoms with van der Waals surface area (Å²) in [5, 5.41) is 24.2. The minimum absolute atomic E-state index is 0.133. The lowest BCUT2D eigenvalue weighted by atomic mass is 9.95. The van der Waals surface area contributed by atoms with Gasteiger partial charge in [-0.25, -0.2) is 4.98 Å². The molecule has 1 aromatic heterocycles. The molecule has 150 valence electrons. The summed E-state index contributed by atoms with van der Waals surface area (Å²) in [6.07, 6.45) is 1.51. The fraction of sp³-hybridized carbons (Fsp3) is 0.0500. The molecule has 0 radical (unpaired) electrons. The molecule has 30 heavy (non-hydrogen) atoms. The van der Waals surface area contributed by atoms with Crippen molar-refractivity contribution in [2.75, 3.05) is 4.90 Å². The van der Waals surface area contributed by atoms with E-state index >= 15 is 0 Å². The first-order valence-electron chi connectivity index (χ1n) is 8.59. The topological polar surface area (TPSA) is 114 Å². The van der Waals surface area contributed by atoms with Crippen molar-refractivity contribution in [3.05, 3.63) is 91.9 Å². The summed E-state index contributed by atoms with van der Waals surface area (Å²) in [7, 11) is 0. The maximum absolute atomic E-state index is 12.9. The second-order valence-corrected chi connectivity index (χ2v) is 7.65. The highest BCUT2D eigenvalue weighted by atomic mass is 35.5. The van der Waals surface area contributed by atoms with Crippen LogP contribution in [0.4, 0.5) is 10.8 Å². The molecule has 0 aliphatic carbocycles. The third kappa shape index (κ3) is 3.34. The SMILES string of the molecule is O=C1C(=O)N(c2nccs2)C(c2ccc(Cl)cc2)/C1=C(/O)c1ccc([N+](=O)[O-])cc1. The lowest BCUT2D eigenvalue weighted by molar-refractivity contribution is -0.384. The number of nitro groups is 1. The number of carbonyl (C=O) groups excluding carboxylic acids is 2. The Morgan fingerprint density at radius 1 is 1.13 bits per heavy atom. The molecule has 4 rings (SSSR count). The number of hydrogen-bond acceptors (Lipinski definition) is 7. The number of halogens is 1. The number of nitrogens with zero attached hydrogens (tertiary/aromatic N) is 3. The Labute approximate surface area is 178 Å². The standard InChI is InChI=1S/C20H12ClN3O5S/c21-13-5-1-11(2-6-13)16-15(17(25)12-3-7-14(8-4-12)24(28)29)18(26)19(27)23(16)20-22-9-10-30-20/h1-10,16,25H/b17-15-. The smallest absolute Gasteiger partial charge is 0.301 e. The molecule has 1 fully saturated rings. The predicted octanol–water partition coefficient (Wildman–Crippen LogP) is 4.33. The van der Waals surface area contributed by atoms with Crippen LogP contribution >= 0.6 is 22.9 Å². The minimum atomic E-state index is -0.927. The van der Waals surface area contributed by atoms with Gasteiger partial charge in [-0.05, 0) is 29.8 Å². The summed E-state index contributed by atoms with van der Waals surface area (Å²) in [6.45, 7) is 0. The Morgan fingerprint density at radius 3 is 2.37 bits per heavy atom. The van der Waals surface area contributed by atoms with E-state index in [0.29, 0.717) is 15.7 Å². The van der Waals surface area contributed by atoms with Crippen molar-refractivity contribution < 1.29 is 19.6 Å². The van der Waals surface area contributed by atoms with E-state index in [0.717, 1.165) is 0 Å². The highest BCUT2D eigenvalue weighted by molar-refractivity contribution is 7.14. The molecule has 3 aromatic rings. The van der Waals surface area contributed by atoms with Gasteiger partial charge in [-0.2, -0.15) is 0 Å². The average molecular weight is 442 g/mol. The van der Waals surface area contributed by atoms with Crippen LogP contribution in [0.1, 0.15) is 17.2 Å². The van der Waals surface area contributed by atoms with Gasteiger partial charge < -0.3 is 5.11 Å². The summed E-state index contributed by atoms with van der Waals surface area (Å²) in [5.74, 6) is -2.13. The fourth-order valence-corrected chi connectivity index (χ4v) is 4.01. The zero-order valence-electron chi connectivity index (χ0n) is 15.1. The number of amides is 1. The maximum atomic E-state index is 12.9. The number of nitro benzene ring substituents is 1. The number of Topliss-reactive ketones (excluding diaryl/α,β-unsaturated/α-hetero) is 1. The molecule has 0 saturated carbocycles. The average Bonchev–Trinajstić information content (AvgIpc) is 3.35. The van der Waals surface area contributed by atoms with Crippen LogP contribution in [0.25, 0.3) is 5.76 Å². The van der Waals surface area contributed by atoms with Gasteiger partial charge in [-0.1, -0.05) is 23.7 Å². The molecule has 2 aromatic carbocycles. The van der Waals surface area contributed by atoms with Crippen molar-refractivity contribution in [1.82, 2.24) is 4.98 Å². The summed E-state index contributed by atoms with van der Waals surface area (Å²) in [6, 6.07) is 10.7. The molecular formula is C20H12ClN3O5S. The molecule has 1 aliphatic heterocycles. The van der Waals surface area contributed by atoms with Crippen LogP contribution < -0.4 is 4.90 Å². The van der Waals surface area contributed by atoms with E-state index in [2.05, 4.69) is 4.98 Å². The molecule has 1 saturated heterocycles. The molecular weight excluding hydrogens is 430 g/mol.